The highest BCUT2D eigenvalue weighted by Gasteiger charge is 2.12. The van der Waals surface area contributed by atoms with E-state index in [1.54, 1.807) is 24.3 Å². The Morgan fingerprint density at radius 3 is 2.50 bits per heavy atom. The Kier molecular flexibility index (Phi) is 6.14. The van der Waals surface area contributed by atoms with Gasteiger partial charge in [-0.2, -0.15) is 8.42 Å². The maximum absolute atomic E-state index is 11.1. The van der Waals surface area contributed by atoms with E-state index in [-0.39, 0.29) is 6.61 Å². The Morgan fingerprint density at radius 2 is 2.00 bits per heavy atom. The Balaban J connectivity index is 3.26. The van der Waals surface area contributed by atoms with Crippen molar-refractivity contribution in [1.82, 2.24) is 0 Å². The molecule has 0 N–H and O–H groups in total. The molecule has 108 valence electrons. The maximum atomic E-state index is 11.1. The predicted molar refractivity (Wildman–Crippen MR) is 79.1 cm³/mol. The van der Waals surface area contributed by atoms with Crippen LogP contribution in [0, 0.1) is 0 Å². The standard InChI is InChI=1S/C14H17NO4S/c1-4-8-13(11-18-2)14(15-19-20(3,16)17)12-9-6-5-7-10-12/h4-10H,1,11H2,2-3H3. The van der Waals surface area contributed by atoms with Crippen LogP contribution in [0.1, 0.15) is 5.56 Å². The first kappa shape index (κ1) is 16.1. The zero-order chi connectivity index (χ0) is 15.0. The molecule has 1 aromatic rings. The molecule has 0 aromatic heterocycles. The molecule has 0 saturated carbocycles. The molecule has 0 radical (unpaired) electrons. The fourth-order valence-electron chi connectivity index (χ4n) is 1.49. The molecule has 1 rings (SSSR count). The molecule has 1 aromatic carbocycles. The van der Waals surface area contributed by atoms with Gasteiger partial charge in [0.1, 0.15) is 5.71 Å². The summed E-state index contributed by atoms with van der Waals surface area (Å²) >= 11 is 0. The summed E-state index contributed by atoms with van der Waals surface area (Å²) in [4.78, 5) is 0. The van der Waals surface area contributed by atoms with Crippen LogP contribution in [0.15, 0.2) is 59.8 Å². The van der Waals surface area contributed by atoms with E-state index in [2.05, 4.69) is 16.0 Å². The highest BCUT2D eigenvalue weighted by Crippen LogP contribution is 2.12. The van der Waals surface area contributed by atoms with Crippen LogP contribution in [-0.4, -0.2) is 34.1 Å². The van der Waals surface area contributed by atoms with Gasteiger partial charge in [-0.1, -0.05) is 54.2 Å². The minimum atomic E-state index is -3.67. The number of hydrogen-bond donors (Lipinski definition) is 0. The molecule has 5 nitrogen and oxygen atoms in total. The van der Waals surface area contributed by atoms with Crippen molar-refractivity contribution >= 4 is 15.8 Å². The Labute approximate surface area is 119 Å². The molecule has 0 saturated heterocycles. The molecule has 0 spiro atoms. The zero-order valence-electron chi connectivity index (χ0n) is 11.4. The van der Waals surface area contributed by atoms with Crippen LogP contribution in [0.3, 0.4) is 0 Å². The monoisotopic (exact) mass is 295 g/mol. The lowest BCUT2D eigenvalue weighted by atomic mass is 10.0. The van der Waals surface area contributed by atoms with Crippen LogP contribution in [0.25, 0.3) is 0 Å². The van der Waals surface area contributed by atoms with Gasteiger partial charge in [0.05, 0.1) is 12.9 Å². The normalized spacial score (nSPS) is 13.1. The average molecular weight is 295 g/mol. The minimum absolute atomic E-state index is 0.257. The van der Waals surface area contributed by atoms with E-state index in [1.807, 2.05) is 18.2 Å². The Bertz CT molecular complexity index is 603. The molecule has 0 aliphatic carbocycles. The summed E-state index contributed by atoms with van der Waals surface area (Å²) in [5, 5.41) is 3.74. The molecule has 0 amide bonds. The van der Waals surface area contributed by atoms with E-state index in [4.69, 9.17) is 4.74 Å². The smallest absolute Gasteiger partial charge is 0.325 e. The van der Waals surface area contributed by atoms with E-state index < -0.39 is 10.1 Å². The molecule has 0 heterocycles. The molecule has 0 atom stereocenters. The van der Waals surface area contributed by atoms with Crippen LogP contribution >= 0.6 is 0 Å². The summed E-state index contributed by atoms with van der Waals surface area (Å²) in [5.74, 6) is 0. The summed E-state index contributed by atoms with van der Waals surface area (Å²) < 4.78 is 31.8. The first-order chi connectivity index (χ1) is 9.48. The van der Waals surface area contributed by atoms with Gasteiger partial charge < -0.3 is 4.74 Å². The lowest BCUT2D eigenvalue weighted by Gasteiger charge is -2.09. The first-order valence-electron chi connectivity index (χ1n) is 5.81. The first-order valence-corrected chi connectivity index (χ1v) is 7.62. The van der Waals surface area contributed by atoms with E-state index >= 15 is 0 Å². The van der Waals surface area contributed by atoms with Crippen molar-refractivity contribution in [3.63, 3.8) is 0 Å². The van der Waals surface area contributed by atoms with Crippen molar-refractivity contribution in [1.29, 1.82) is 0 Å². The fourth-order valence-corrected chi connectivity index (χ4v) is 1.70. The van der Waals surface area contributed by atoms with Crippen molar-refractivity contribution in [3.8, 4) is 0 Å². The van der Waals surface area contributed by atoms with Crippen molar-refractivity contribution in [2.75, 3.05) is 20.0 Å². The van der Waals surface area contributed by atoms with Crippen LogP contribution in [0.4, 0.5) is 0 Å². The van der Waals surface area contributed by atoms with Gasteiger partial charge in [-0.05, 0) is 0 Å². The molecule has 0 unspecified atom stereocenters. The summed E-state index contributed by atoms with van der Waals surface area (Å²) in [6, 6.07) is 9.10. The molecular formula is C14H17NO4S. The highest BCUT2D eigenvalue weighted by atomic mass is 32.2. The third kappa shape index (κ3) is 5.38. The van der Waals surface area contributed by atoms with Gasteiger partial charge in [-0.3, -0.25) is 4.28 Å². The van der Waals surface area contributed by atoms with Crippen molar-refractivity contribution < 1.29 is 17.4 Å². The van der Waals surface area contributed by atoms with Crippen LogP contribution in [0.2, 0.25) is 0 Å². The van der Waals surface area contributed by atoms with Gasteiger partial charge >= 0.3 is 10.1 Å². The van der Waals surface area contributed by atoms with Crippen LogP contribution in [0.5, 0.6) is 0 Å². The number of rotatable bonds is 7. The summed E-state index contributed by atoms with van der Waals surface area (Å²) in [6.07, 6.45) is 4.21. The van der Waals surface area contributed by atoms with Crippen molar-refractivity contribution in [2.45, 2.75) is 0 Å². The fraction of sp³-hybridized carbons (Fsp3) is 0.214. The van der Waals surface area contributed by atoms with Gasteiger partial charge in [0.25, 0.3) is 0 Å². The maximum Gasteiger partial charge on any atom is 0.325 e. The Hall–Kier alpha value is -1.92. The third-order valence-electron chi connectivity index (χ3n) is 2.23. The Morgan fingerprint density at radius 1 is 1.35 bits per heavy atom. The lowest BCUT2D eigenvalue weighted by Crippen LogP contribution is -2.12. The second-order valence-corrected chi connectivity index (χ2v) is 5.50. The van der Waals surface area contributed by atoms with Crippen molar-refractivity contribution in [3.05, 3.63) is 60.2 Å². The molecular weight excluding hydrogens is 278 g/mol. The summed E-state index contributed by atoms with van der Waals surface area (Å²) in [5.41, 5.74) is 1.77. The molecule has 0 bridgehead atoms. The predicted octanol–water partition coefficient (Wildman–Crippen LogP) is 2.13. The molecule has 20 heavy (non-hydrogen) atoms. The molecule has 6 heteroatoms. The van der Waals surface area contributed by atoms with Crippen LogP contribution < -0.4 is 0 Å². The second kappa shape index (κ2) is 7.62. The molecule has 0 aliphatic rings. The number of hydrogen-bond acceptors (Lipinski definition) is 5. The summed E-state index contributed by atoms with van der Waals surface area (Å²) in [6.45, 7) is 3.88. The second-order valence-electron chi connectivity index (χ2n) is 3.95. The van der Waals surface area contributed by atoms with Gasteiger partial charge in [0.2, 0.25) is 0 Å². The van der Waals surface area contributed by atoms with Crippen molar-refractivity contribution in [2.24, 2.45) is 5.16 Å². The van der Waals surface area contributed by atoms with E-state index in [0.717, 1.165) is 11.8 Å². The van der Waals surface area contributed by atoms with Gasteiger partial charge in [-0.25, -0.2) is 0 Å². The van der Waals surface area contributed by atoms with E-state index in [9.17, 15) is 8.42 Å². The largest absolute Gasteiger partial charge is 0.380 e. The summed E-state index contributed by atoms with van der Waals surface area (Å²) in [7, 11) is -2.13. The third-order valence-corrected chi connectivity index (χ3v) is 2.58. The van der Waals surface area contributed by atoms with Gasteiger partial charge in [0.15, 0.2) is 0 Å². The van der Waals surface area contributed by atoms with E-state index in [1.165, 1.54) is 7.11 Å². The average Bonchev–Trinajstić information content (AvgIpc) is 2.39. The number of oxime groups is 1. The van der Waals surface area contributed by atoms with Gasteiger partial charge in [0, 0.05) is 18.2 Å². The topological polar surface area (TPSA) is 65.0 Å². The van der Waals surface area contributed by atoms with E-state index in [0.29, 0.717) is 11.3 Å². The quantitative estimate of drug-likeness (QED) is 0.439. The lowest BCUT2D eigenvalue weighted by molar-refractivity contribution is 0.229. The number of nitrogens with zero attached hydrogens (tertiary/aromatic N) is 1. The molecule has 0 fully saturated rings. The SMILES string of the molecule is C=CC=C(COC)C(=NOS(C)(=O)=O)c1ccccc1. The minimum Gasteiger partial charge on any atom is -0.380 e. The zero-order valence-corrected chi connectivity index (χ0v) is 12.3. The number of allylic oxidation sites excluding steroid dienone is 2. The van der Waals surface area contributed by atoms with Gasteiger partial charge in [-0.15, -0.1) is 0 Å². The van der Waals surface area contributed by atoms with Crippen LogP contribution in [-0.2, 0) is 19.1 Å². The number of benzene rings is 1. The number of ether oxygens (including phenoxy) is 1. The number of methoxy groups -OCH3 is 1. The molecule has 0 aliphatic heterocycles. The highest BCUT2D eigenvalue weighted by molar-refractivity contribution is 7.85.